The van der Waals surface area contributed by atoms with Gasteiger partial charge in [-0.15, -0.1) is 0 Å². The molecule has 0 aromatic heterocycles. The van der Waals surface area contributed by atoms with E-state index in [2.05, 4.69) is 11.4 Å². The molecule has 0 aromatic carbocycles. The molecule has 1 N–H and O–H groups in total. The highest BCUT2D eigenvalue weighted by atomic mass is 16.1. The smallest absolute Gasteiger partial charge is 0.131 e. The second-order valence-corrected chi connectivity index (χ2v) is 2.75. The van der Waals surface area contributed by atoms with Gasteiger partial charge in [0.25, 0.3) is 0 Å². The van der Waals surface area contributed by atoms with E-state index in [1.165, 1.54) is 0 Å². The summed E-state index contributed by atoms with van der Waals surface area (Å²) in [5.74, 6) is 0.271. The van der Waals surface area contributed by atoms with Crippen molar-refractivity contribution in [1.29, 1.82) is 0 Å². The summed E-state index contributed by atoms with van der Waals surface area (Å²) in [7, 11) is 0. The summed E-state index contributed by atoms with van der Waals surface area (Å²) in [5.41, 5.74) is 0. The van der Waals surface area contributed by atoms with E-state index < -0.39 is 0 Å². The fourth-order valence-electron chi connectivity index (χ4n) is 1.18. The van der Waals surface area contributed by atoms with Crippen molar-refractivity contribution in [2.45, 2.75) is 32.2 Å². The van der Waals surface area contributed by atoms with Crippen molar-refractivity contribution in [3.05, 3.63) is 12.3 Å². The molecule has 0 radical (unpaired) electrons. The normalized spacial score (nSPS) is 23.9. The summed E-state index contributed by atoms with van der Waals surface area (Å²) in [6, 6.07) is 0.391. The molecule has 10 heavy (non-hydrogen) atoms. The average Bonchev–Trinajstić information content (AvgIpc) is 1.88. The first-order chi connectivity index (χ1) is 4.79. The highest BCUT2D eigenvalue weighted by Gasteiger charge is 2.09. The van der Waals surface area contributed by atoms with Crippen molar-refractivity contribution >= 4 is 5.78 Å². The minimum atomic E-state index is 0.271. The van der Waals surface area contributed by atoms with Crippen LogP contribution in [0.4, 0.5) is 0 Å². The molecular formula is C8H13NO. The van der Waals surface area contributed by atoms with Crippen LogP contribution in [-0.2, 0) is 4.79 Å². The lowest BCUT2D eigenvalue weighted by Crippen LogP contribution is -2.28. The van der Waals surface area contributed by atoms with E-state index in [0.29, 0.717) is 12.5 Å². The van der Waals surface area contributed by atoms with E-state index in [4.69, 9.17) is 0 Å². The largest absolute Gasteiger partial charge is 0.388 e. The highest BCUT2D eigenvalue weighted by Crippen LogP contribution is 2.07. The minimum absolute atomic E-state index is 0.271. The van der Waals surface area contributed by atoms with E-state index in [1.54, 1.807) is 6.92 Å². The number of rotatable bonds is 2. The number of hydrogen-bond donors (Lipinski definition) is 1. The predicted molar refractivity (Wildman–Crippen MR) is 40.6 cm³/mol. The second kappa shape index (κ2) is 3.40. The Balaban J connectivity index is 2.28. The standard InChI is InChI=1S/C8H13NO/c1-7(10)6-8-4-2-3-5-9-8/h3,5,8-9H,2,4,6H2,1H3. The van der Waals surface area contributed by atoms with Crippen LogP contribution < -0.4 is 5.32 Å². The van der Waals surface area contributed by atoms with Crippen LogP contribution >= 0.6 is 0 Å². The van der Waals surface area contributed by atoms with Crippen LogP contribution in [0.5, 0.6) is 0 Å². The molecule has 1 aliphatic rings. The number of nitrogens with one attached hydrogen (secondary N) is 1. The fraction of sp³-hybridized carbons (Fsp3) is 0.625. The Bertz CT molecular complexity index is 151. The number of ketones is 1. The molecule has 0 bridgehead atoms. The Hall–Kier alpha value is -0.790. The van der Waals surface area contributed by atoms with Gasteiger partial charge in [0.15, 0.2) is 0 Å². The van der Waals surface area contributed by atoms with E-state index in [0.717, 1.165) is 12.8 Å². The third-order valence-corrected chi connectivity index (χ3v) is 1.67. The van der Waals surface area contributed by atoms with Crippen LogP contribution in [0.1, 0.15) is 26.2 Å². The first kappa shape index (κ1) is 7.32. The molecule has 1 rings (SSSR count). The molecule has 0 spiro atoms. The predicted octanol–water partition coefficient (Wildman–Crippen LogP) is 1.23. The van der Waals surface area contributed by atoms with Crippen LogP contribution in [0.25, 0.3) is 0 Å². The van der Waals surface area contributed by atoms with Gasteiger partial charge in [0.1, 0.15) is 5.78 Å². The van der Waals surface area contributed by atoms with E-state index in [9.17, 15) is 4.79 Å². The number of carbonyl (C=O) groups is 1. The molecule has 0 saturated heterocycles. The quantitative estimate of drug-likeness (QED) is 0.623. The molecule has 0 aromatic rings. The summed E-state index contributed by atoms with van der Waals surface area (Å²) >= 11 is 0. The molecule has 1 heterocycles. The zero-order valence-electron chi connectivity index (χ0n) is 6.26. The van der Waals surface area contributed by atoms with E-state index in [1.807, 2.05) is 6.20 Å². The Morgan fingerprint density at radius 2 is 2.60 bits per heavy atom. The zero-order valence-corrected chi connectivity index (χ0v) is 6.26. The number of carbonyl (C=O) groups excluding carboxylic acids is 1. The molecular weight excluding hydrogens is 126 g/mol. The molecule has 2 heteroatoms. The van der Waals surface area contributed by atoms with Gasteiger partial charge in [-0.3, -0.25) is 4.79 Å². The lowest BCUT2D eigenvalue weighted by Gasteiger charge is -2.18. The summed E-state index contributed by atoms with van der Waals surface area (Å²) in [4.78, 5) is 10.6. The number of allylic oxidation sites excluding steroid dienone is 1. The van der Waals surface area contributed by atoms with Gasteiger partial charge in [0.05, 0.1) is 0 Å². The molecule has 1 aliphatic heterocycles. The van der Waals surface area contributed by atoms with Gasteiger partial charge in [0, 0.05) is 12.5 Å². The third-order valence-electron chi connectivity index (χ3n) is 1.67. The van der Waals surface area contributed by atoms with Crippen LogP contribution in [-0.4, -0.2) is 11.8 Å². The maximum Gasteiger partial charge on any atom is 0.131 e. The maximum atomic E-state index is 10.6. The van der Waals surface area contributed by atoms with Crippen molar-refractivity contribution in [3.8, 4) is 0 Å². The van der Waals surface area contributed by atoms with Gasteiger partial charge in [-0.05, 0) is 26.0 Å². The SMILES string of the molecule is CC(=O)CC1CCC=CN1. The van der Waals surface area contributed by atoms with Crippen LogP contribution in [0.3, 0.4) is 0 Å². The van der Waals surface area contributed by atoms with Crippen LogP contribution in [0.15, 0.2) is 12.3 Å². The van der Waals surface area contributed by atoms with Crippen molar-refractivity contribution in [3.63, 3.8) is 0 Å². The first-order valence-electron chi connectivity index (χ1n) is 3.69. The van der Waals surface area contributed by atoms with Gasteiger partial charge in [0.2, 0.25) is 0 Å². The first-order valence-corrected chi connectivity index (χ1v) is 3.69. The molecule has 0 fully saturated rings. The summed E-state index contributed by atoms with van der Waals surface area (Å²) in [6.45, 7) is 1.64. The molecule has 1 unspecified atom stereocenters. The Labute approximate surface area is 61.3 Å². The Kier molecular flexibility index (Phi) is 2.49. The Morgan fingerprint density at radius 3 is 3.10 bits per heavy atom. The number of Topliss-reactive ketones (excluding diaryl/α,β-unsaturated/α-hetero) is 1. The zero-order chi connectivity index (χ0) is 7.40. The average molecular weight is 139 g/mol. The minimum Gasteiger partial charge on any atom is -0.388 e. The van der Waals surface area contributed by atoms with Crippen molar-refractivity contribution < 1.29 is 4.79 Å². The second-order valence-electron chi connectivity index (χ2n) is 2.75. The van der Waals surface area contributed by atoms with E-state index in [-0.39, 0.29) is 5.78 Å². The molecule has 1 atom stereocenters. The van der Waals surface area contributed by atoms with E-state index >= 15 is 0 Å². The van der Waals surface area contributed by atoms with Gasteiger partial charge in [-0.1, -0.05) is 6.08 Å². The maximum absolute atomic E-state index is 10.6. The lowest BCUT2D eigenvalue weighted by molar-refractivity contribution is -0.117. The highest BCUT2D eigenvalue weighted by molar-refractivity contribution is 5.76. The van der Waals surface area contributed by atoms with Gasteiger partial charge in [-0.25, -0.2) is 0 Å². The summed E-state index contributed by atoms with van der Waals surface area (Å²) in [5, 5.41) is 3.15. The molecule has 0 saturated carbocycles. The van der Waals surface area contributed by atoms with Crippen molar-refractivity contribution in [1.82, 2.24) is 5.32 Å². The van der Waals surface area contributed by atoms with Crippen molar-refractivity contribution in [2.75, 3.05) is 0 Å². The fourth-order valence-corrected chi connectivity index (χ4v) is 1.18. The molecule has 2 nitrogen and oxygen atoms in total. The van der Waals surface area contributed by atoms with Crippen molar-refractivity contribution in [2.24, 2.45) is 0 Å². The Morgan fingerprint density at radius 1 is 1.80 bits per heavy atom. The summed E-state index contributed by atoms with van der Waals surface area (Å²) in [6.07, 6.45) is 6.90. The molecule has 56 valence electrons. The summed E-state index contributed by atoms with van der Waals surface area (Å²) < 4.78 is 0. The lowest BCUT2D eigenvalue weighted by atomic mass is 10.0. The van der Waals surface area contributed by atoms with Gasteiger partial charge in [-0.2, -0.15) is 0 Å². The topological polar surface area (TPSA) is 29.1 Å². The molecule has 0 aliphatic carbocycles. The van der Waals surface area contributed by atoms with Crippen LogP contribution in [0, 0.1) is 0 Å². The van der Waals surface area contributed by atoms with Gasteiger partial charge < -0.3 is 5.32 Å². The monoisotopic (exact) mass is 139 g/mol. The molecule has 0 amide bonds. The van der Waals surface area contributed by atoms with Gasteiger partial charge >= 0.3 is 0 Å². The third kappa shape index (κ3) is 2.21. The van der Waals surface area contributed by atoms with Crippen LogP contribution in [0.2, 0.25) is 0 Å². The number of hydrogen-bond acceptors (Lipinski definition) is 2.